The van der Waals surface area contributed by atoms with Crippen molar-refractivity contribution in [2.24, 2.45) is 17.6 Å². The minimum absolute atomic E-state index is 0.0125. The monoisotopic (exact) mass is 616 g/mol. The Morgan fingerprint density at radius 1 is 0.605 bits per heavy atom. The van der Waals surface area contributed by atoms with Crippen molar-refractivity contribution in [3.63, 3.8) is 0 Å². The summed E-state index contributed by atoms with van der Waals surface area (Å²) in [7, 11) is 0. The highest BCUT2D eigenvalue weighted by molar-refractivity contribution is 5.98. The van der Waals surface area contributed by atoms with Gasteiger partial charge in [0.15, 0.2) is 0 Å². The van der Waals surface area contributed by atoms with E-state index >= 15 is 0 Å². The second-order valence-electron chi connectivity index (χ2n) is 10.7. The van der Waals surface area contributed by atoms with E-state index in [0.29, 0.717) is 6.42 Å². The molecule has 0 fully saturated rings. The molecule has 7 atom stereocenters. The van der Waals surface area contributed by atoms with Crippen LogP contribution in [-0.2, 0) is 38.4 Å². The van der Waals surface area contributed by atoms with Crippen LogP contribution in [0.1, 0.15) is 67.2 Å². The van der Waals surface area contributed by atoms with Crippen LogP contribution >= 0.6 is 0 Å². The van der Waals surface area contributed by atoms with Crippen LogP contribution < -0.4 is 32.3 Å². The highest BCUT2D eigenvalue weighted by atomic mass is 16.4. The summed E-state index contributed by atoms with van der Waals surface area (Å²) in [5, 5.41) is 38.8. The quantitative estimate of drug-likeness (QED) is 0.0755. The maximum absolute atomic E-state index is 12.9. The lowest BCUT2D eigenvalue weighted by molar-refractivity contribution is -0.143. The van der Waals surface area contributed by atoms with Crippen molar-refractivity contribution >= 4 is 47.4 Å². The van der Waals surface area contributed by atoms with Crippen LogP contribution in [0.5, 0.6) is 0 Å². The minimum atomic E-state index is -1.79. The summed E-state index contributed by atoms with van der Waals surface area (Å²) in [6.45, 7) is 9.43. The Labute approximate surface area is 249 Å². The van der Waals surface area contributed by atoms with Gasteiger partial charge in [-0.3, -0.25) is 38.4 Å². The molecule has 0 aliphatic rings. The zero-order valence-electron chi connectivity index (χ0n) is 25.1. The highest BCUT2D eigenvalue weighted by Gasteiger charge is 2.33. The van der Waals surface area contributed by atoms with E-state index in [0.717, 1.165) is 0 Å². The standard InChI is InChI=1S/C26H44N6O11/c1-7-12(4)20(25(41)29-14(6)26(42)43)32-21(37)13(5)28-23(39)16(9-18(33)34)31-24(40)17(10-19(35)36)30-22(38)15(27)8-11(2)3/h11-17,20H,7-10,27H2,1-6H3,(H,28,39)(H,29,41)(H,30,38)(H,31,40)(H,32,37)(H,33,34)(H,35,36)(H,42,43)/t12-,13-,14-,15-,16-,17-,20-/m0/s1. The smallest absolute Gasteiger partial charge is 0.325 e. The number of hydrogen-bond donors (Lipinski definition) is 9. The van der Waals surface area contributed by atoms with E-state index < -0.39 is 102 Å². The number of carbonyl (C=O) groups excluding carboxylic acids is 5. The molecular formula is C26H44N6O11. The fourth-order valence-corrected chi connectivity index (χ4v) is 3.66. The van der Waals surface area contributed by atoms with Gasteiger partial charge in [0.05, 0.1) is 18.9 Å². The van der Waals surface area contributed by atoms with Gasteiger partial charge in [0.2, 0.25) is 29.5 Å². The van der Waals surface area contributed by atoms with Gasteiger partial charge >= 0.3 is 17.9 Å². The highest BCUT2D eigenvalue weighted by Crippen LogP contribution is 2.09. The van der Waals surface area contributed by atoms with Crippen LogP contribution in [0.15, 0.2) is 0 Å². The molecule has 17 heteroatoms. The average molecular weight is 617 g/mol. The Bertz CT molecular complexity index is 1050. The summed E-state index contributed by atoms with van der Waals surface area (Å²) >= 11 is 0. The number of amides is 5. The summed E-state index contributed by atoms with van der Waals surface area (Å²) in [4.78, 5) is 97.5. The van der Waals surface area contributed by atoms with Crippen molar-refractivity contribution in [1.29, 1.82) is 0 Å². The van der Waals surface area contributed by atoms with Crippen molar-refractivity contribution in [3.8, 4) is 0 Å². The Kier molecular flexibility index (Phi) is 16.5. The maximum atomic E-state index is 12.9. The van der Waals surface area contributed by atoms with E-state index in [-0.39, 0.29) is 12.3 Å². The van der Waals surface area contributed by atoms with Crippen LogP contribution in [0.4, 0.5) is 0 Å². The second-order valence-corrected chi connectivity index (χ2v) is 10.7. The van der Waals surface area contributed by atoms with E-state index in [9.17, 15) is 48.6 Å². The third kappa shape index (κ3) is 14.4. The first-order valence-corrected chi connectivity index (χ1v) is 13.7. The second kappa shape index (κ2) is 18.3. The molecule has 43 heavy (non-hydrogen) atoms. The SMILES string of the molecule is CC[C@H](C)[C@H](NC(=O)[C@H](C)NC(=O)[C@H](CC(=O)O)NC(=O)[C@H](CC(=O)O)NC(=O)[C@@H](N)CC(C)C)C(=O)N[C@@H](C)C(=O)O. The van der Waals surface area contributed by atoms with Gasteiger partial charge in [0.25, 0.3) is 0 Å². The first-order valence-electron chi connectivity index (χ1n) is 13.7. The van der Waals surface area contributed by atoms with Crippen molar-refractivity contribution in [2.75, 3.05) is 0 Å². The van der Waals surface area contributed by atoms with Gasteiger partial charge in [0, 0.05) is 0 Å². The van der Waals surface area contributed by atoms with E-state index in [4.69, 9.17) is 10.8 Å². The Morgan fingerprint density at radius 2 is 1.05 bits per heavy atom. The number of nitrogens with two attached hydrogens (primary N) is 1. The molecule has 0 saturated carbocycles. The number of aliphatic carboxylic acids is 3. The molecule has 0 aromatic heterocycles. The van der Waals surface area contributed by atoms with E-state index in [1.165, 1.54) is 13.8 Å². The predicted octanol–water partition coefficient (Wildman–Crippen LogP) is -2.10. The van der Waals surface area contributed by atoms with Crippen molar-refractivity contribution < 1.29 is 53.7 Å². The molecule has 0 radical (unpaired) electrons. The van der Waals surface area contributed by atoms with E-state index in [1.807, 2.05) is 0 Å². The fourth-order valence-electron chi connectivity index (χ4n) is 3.66. The first-order chi connectivity index (χ1) is 19.8. The topological polar surface area (TPSA) is 283 Å². The molecule has 0 unspecified atom stereocenters. The molecule has 10 N–H and O–H groups in total. The summed E-state index contributed by atoms with van der Waals surface area (Å²) in [6.07, 6.45) is -1.21. The number of nitrogens with one attached hydrogen (secondary N) is 5. The van der Waals surface area contributed by atoms with Gasteiger partial charge < -0.3 is 47.6 Å². The molecule has 244 valence electrons. The normalized spacial score (nSPS) is 15.8. The van der Waals surface area contributed by atoms with Gasteiger partial charge in [0.1, 0.15) is 30.2 Å². The summed E-state index contributed by atoms with van der Waals surface area (Å²) in [5.74, 6) is -9.47. The van der Waals surface area contributed by atoms with Gasteiger partial charge in [-0.1, -0.05) is 34.1 Å². The van der Waals surface area contributed by atoms with Crippen LogP contribution in [0.2, 0.25) is 0 Å². The molecule has 0 aliphatic heterocycles. The zero-order chi connectivity index (χ0) is 33.6. The minimum Gasteiger partial charge on any atom is -0.481 e. The van der Waals surface area contributed by atoms with E-state index in [1.54, 1.807) is 27.7 Å². The molecule has 0 heterocycles. The van der Waals surface area contributed by atoms with Gasteiger partial charge in [-0.15, -0.1) is 0 Å². The van der Waals surface area contributed by atoms with Crippen molar-refractivity contribution in [3.05, 3.63) is 0 Å². The molecule has 0 saturated heterocycles. The summed E-state index contributed by atoms with van der Waals surface area (Å²) < 4.78 is 0. The molecule has 0 bridgehead atoms. The Morgan fingerprint density at radius 3 is 1.47 bits per heavy atom. The molecule has 0 aromatic rings. The number of hydrogen-bond acceptors (Lipinski definition) is 9. The maximum Gasteiger partial charge on any atom is 0.325 e. The van der Waals surface area contributed by atoms with Crippen LogP contribution in [0.25, 0.3) is 0 Å². The van der Waals surface area contributed by atoms with Gasteiger partial charge in [-0.25, -0.2) is 0 Å². The number of carboxylic acids is 3. The Balaban J connectivity index is 5.70. The lowest BCUT2D eigenvalue weighted by Crippen LogP contribution is -2.59. The fraction of sp³-hybridized carbons (Fsp3) is 0.692. The number of carboxylic acid groups (broad SMARTS) is 3. The predicted molar refractivity (Wildman–Crippen MR) is 150 cm³/mol. The third-order valence-corrected chi connectivity index (χ3v) is 6.36. The molecule has 0 aromatic carbocycles. The molecule has 5 amide bonds. The van der Waals surface area contributed by atoms with Crippen molar-refractivity contribution in [1.82, 2.24) is 26.6 Å². The molecule has 0 spiro atoms. The molecule has 0 rings (SSSR count). The molecule has 0 aliphatic carbocycles. The summed E-state index contributed by atoms with van der Waals surface area (Å²) in [5.41, 5.74) is 5.79. The van der Waals surface area contributed by atoms with Gasteiger partial charge in [-0.2, -0.15) is 0 Å². The Hall–Kier alpha value is -4.28. The van der Waals surface area contributed by atoms with Crippen LogP contribution in [0.3, 0.4) is 0 Å². The van der Waals surface area contributed by atoms with Gasteiger partial charge in [-0.05, 0) is 32.1 Å². The lowest BCUT2D eigenvalue weighted by Gasteiger charge is -2.27. The molecule has 17 nitrogen and oxygen atoms in total. The summed E-state index contributed by atoms with van der Waals surface area (Å²) in [6, 6.07) is -8.32. The van der Waals surface area contributed by atoms with Crippen LogP contribution in [0, 0.1) is 11.8 Å². The lowest BCUT2D eigenvalue weighted by atomic mass is 9.97. The van der Waals surface area contributed by atoms with E-state index in [2.05, 4.69) is 26.6 Å². The van der Waals surface area contributed by atoms with Crippen molar-refractivity contribution in [2.45, 2.75) is 103 Å². The largest absolute Gasteiger partial charge is 0.481 e. The first kappa shape index (κ1) is 38.7. The zero-order valence-corrected chi connectivity index (χ0v) is 25.1. The molecular weight excluding hydrogens is 572 g/mol. The number of rotatable bonds is 19. The number of carbonyl (C=O) groups is 8. The van der Waals surface area contributed by atoms with Crippen LogP contribution in [-0.4, -0.2) is 99.0 Å². The average Bonchev–Trinajstić information content (AvgIpc) is 2.88. The third-order valence-electron chi connectivity index (χ3n) is 6.36.